The maximum atomic E-state index is 12.2. The third-order valence-corrected chi connectivity index (χ3v) is 6.45. The van der Waals surface area contributed by atoms with Crippen molar-refractivity contribution in [1.29, 1.82) is 0 Å². The molecule has 0 bridgehead atoms. The second-order valence-electron chi connectivity index (χ2n) is 8.50. The highest BCUT2D eigenvalue weighted by Gasteiger charge is 2.28. The standard InChI is InChI=1S/C18H32.C7H5FO3/c1-2-3-4-6-9-16-12-14-18(15-13-16)17-10-7-5-8-11-17;8-5-1-3-6(4-2-5)11-7(9)10/h2-3,16-18H,4-15H2,1H3;1-4H,(H,9,10)/b3-2-;/t16-,18-;. The lowest BCUT2D eigenvalue weighted by atomic mass is 9.70. The minimum Gasteiger partial charge on any atom is -0.449 e. The van der Waals surface area contributed by atoms with Crippen LogP contribution in [0, 0.1) is 23.6 Å². The molecular formula is C25H37FO3. The van der Waals surface area contributed by atoms with E-state index < -0.39 is 12.0 Å². The Morgan fingerprint density at radius 2 is 1.66 bits per heavy atom. The zero-order valence-electron chi connectivity index (χ0n) is 17.8. The van der Waals surface area contributed by atoms with E-state index in [2.05, 4.69) is 23.8 Å². The van der Waals surface area contributed by atoms with E-state index in [1.54, 1.807) is 25.7 Å². The molecule has 1 aromatic rings. The normalized spacial score (nSPS) is 22.7. The molecule has 3 nitrogen and oxygen atoms in total. The molecule has 2 saturated carbocycles. The number of allylic oxidation sites excluding steroid dienone is 2. The van der Waals surface area contributed by atoms with E-state index in [1.165, 1.54) is 63.5 Å². The fraction of sp³-hybridized carbons (Fsp3) is 0.640. The van der Waals surface area contributed by atoms with Gasteiger partial charge in [0, 0.05) is 0 Å². The van der Waals surface area contributed by atoms with Gasteiger partial charge in [-0.3, -0.25) is 0 Å². The molecule has 0 heterocycles. The zero-order valence-corrected chi connectivity index (χ0v) is 17.8. The molecule has 4 heteroatoms. The van der Waals surface area contributed by atoms with Gasteiger partial charge in [-0.05, 0) is 74.6 Å². The molecule has 3 rings (SSSR count). The molecule has 1 aromatic carbocycles. The van der Waals surface area contributed by atoms with Gasteiger partial charge >= 0.3 is 6.16 Å². The van der Waals surface area contributed by atoms with Gasteiger partial charge in [0.1, 0.15) is 11.6 Å². The number of hydrogen-bond acceptors (Lipinski definition) is 2. The maximum Gasteiger partial charge on any atom is 0.511 e. The van der Waals surface area contributed by atoms with Gasteiger partial charge in [-0.25, -0.2) is 9.18 Å². The van der Waals surface area contributed by atoms with Gasteiger partial charge in [0.15, 0.2) is 0 Å². The van der Waals surface area contributed by atoms with Crippen LogP contribution in [0.3, 0.4) is 0 Å². The average molecular weight is 405 g/mol. The fourth-order valence-electron chi connectivity index (χ4n) is 4.85. The predicted octanol–water partition coefficient (Wildman–Crippen LogP) is 8.00. The maximum absolute atomic E-state index is 12.2. The lowest BCUT2D eigenvalue weighted by molar-refractivity contribution is 0.144. The number of carboxylic acid groups (broad SMARTS) is 1. The third-order valence-electron chi connectivity index (χ3n) is 6.45. The van der Waals surface area contributed by atoms with Gasteiger partial charge < -0.3 is 9.84 Å². The summed E-state index contributed by atoms with van der Waals surface area (Å²) >= 11 is 0. The lowest BCUT2D eigenvalue weighted by Gasteiger charge is -2.36. The van der Waals surface area contributed by atoms with Crippen LogP contribution in [0.4, 0.5) is 9.18 Å². The smallest absolute Gasteiger partial charge is 0.449 e. The van der Waals surface area contributed by atoms with Gasteiger partial charge in [-0.2, -0.15) is 0 Å². The van der Waals surface area contributed by atoms with Crippen LogP contribution >= 0.6 is 0 Å². The molecule has 29 heavy (non-hydrogen) atoms. The van der Waals surface area contributed by atoms with Crippen LogP contribution in [0.25, 0.3) is 0 Å². The molecule has 0 atom stereocenters. The number of ether oxygens (including phenoxy) is 1. The molecule has 0 aliphatic heterocycles. The summed E-state index contributed by atoms with van der Waals surface area (Å²) in [6.07, 6.45) is 21.2. The van der Waals surface area contributed by atoms with E-state index in [-0.39, 0.29) is 5.75 Å². The van der Waals surface area contributed by atoms with Crippen molar-refractivity contribution in [2.24, 2.45) is 17.8 Å². The van der Waals surface area contributed by atoms with E-state index >= 15 is 0 Å². The molecule has 2 aliphatic carbocycles. The first-order chi connectivity index (χ1) is 14.1. The Morgan fingerprint density at radius 3 is 2.24 bits per heavy atom. The van der Waals surface area contributed by atoms with Gasteiger partial charge in [0.2, 0.25) is 0 Å². The Hall–Kier alpha value is -1.84. The molecule has 0 spiro atoms. The Kier molecular flexibility index (Phi) is 10.8. The van der Waals surface area contributed by atoms with Crippen molar-refractivity contribution in [2.75, 3.05) is 0 Å². The zero-order chi connectivity index (χ0) is 20.9. The van der Waals surface area contributed by atoms with E-state index in [1.807, 2.05) is 0 Å². The topological polar surface area (TPSA) is 46.5 Å². The molecule has 0 saturated heterocycles. The average Bonchev–Trinajstić information content (AvgIpc) is 2.74. The van der Waals surface area contributed by atoms with E-state index in [0.29, 0.717) is 0 Å². The molecule has 1 N–H and O–H groups in total. The number of unbranched alkanes of at least 4 members (excludes halogenated alkanes) is 1. The van der Waals surface area contributed by atoms with Crippen LogP contribution in [0.5, 0.6) is 5.75 Å². The van der Waals surface area contributed by atoms with Crippen molar-refractivity contribution in [2.45, 2.75) is 84.0 Å². The molecule has 2 fully saturated rings. The summed E-state index contributed by atoms with van der Waals surface area (Å²) in [5.74, 6) is 2.97. The summed E-state index contributed by atoms with van der Waals surface area (Å²) in [5.41, 5.74) is 0. The summed E-state index contributed by atoms with van der Waals surface area (Å²) in [6, 6.07) is 4.73. The Labute approximate surface area is 175 Å². The summed E-state index contributed by atoms with van der Waals surface area (Å²) in [4.78, 5) is 9.94. The highest BCUT2D eigenvalue weighted by atomic mass is 19.1. The first-order valence-electron chi connectivity index (χ1n) is 11.4. The van der Waals surface area contributed by atoms with Crippen molar-refractivity contribution in [3.05, 3.63) is 42.2 Å². The SMILES string of the molecule is C/C=C\CCC[C@H]1CC[C@H](C2CCCCC2)CC1.O=C(O)Oc1ccc(F)cc1. The van der Waals surface area contributed by atoms with Gasteiger partial charge in [-0.1, -0.05) is 63.5 Å². The molecule has 0 amide bonds. The summed E-state index contributed by atoms with van der Waals surface area (Å²) in [7, 11) is 0. The van der Waals surface area contributed by atoms with E-state index in [4.69, 9.17) is 5.11 Å². The fourth-order valence-corrected chi connectivity index (χ4v) is 4.85. The van der Waals surface area contributed by atoms with Crippen LogP contribution in [0.1, 0.15) is 84.0 Å². The second kappa shape index (κ2) is 13.4. The second-order valence-corrected chi connectivity index (χ2v) is 8.50. The van der Waals surface area contributed by atoms with E-state index in [9.17, 15) is 9.18 Å². The van der Waals surface area contributed by atoms with Crippen molar-refractivity contribution in [3.8, 4) is 5.75 Å². The van der Waals surface area contributed by atoms with Crippen LogP contribution in [0.2, 0.25) is 0 Å². The largest absolute Gasteiger partial charge is 0.511 e. The molecule has 0 aromatic heterocycles. The van der Waals surface area contributed by atoms with Crippen LogP contribution in [-0.2, 0) is 0 Å². The molecule has 0 radical (unpaired) electrons. The minimum atomic E-state index is -1.41. The highest BCUT2D eigenvalue weighted by Crippen LogP contribution is 2.40. The van der Waals surface area contributed by atoms with Gasteiger partial charge in [0.25, 0.3) is 0 Å². The van der Waals surface area contributed by atoms with Gasteiger partial charge in [-0.15, -0.1) is 0 Å². The summed E-state index contributed by atoms with van der Waals surface area (Å²) < 4.78 is 16.4. The van der Waals surface area contributed by atoms with E-state index in [0.717, 1.165) is 29.9 Å². The minimum absolute atomic E-state index is 0.110. The summed E-state index contributed by atoms with van der Waals surface area (Å²) in [5, 5.41) is 8.12. The highest BCUT2D eigenvalue weighted by molar-refractivity contribution is 5.60. The number of halogens is 1. The number of benzene rings is 1. The monoisotopic (exact) mass is 404 g/mol. The van der Waals surface area contributed by atoms with Crippen LogP contribution < -0.4 is 4.74 Å². The van der Waals surface area contributed by atoms with Crippen LogP contribution in [0.15, 0.2) is 36.4 Å². The molecular weight excluding hydrogens is 367 g/mol. The molecule has 2 aliphatic rings. The predicted molar refractivity (Wildman–Crippen MR) is 116 cm³/mol. The number of hydrogen-bond donors (Lipinski definition) is 1. The third kappa shape index (κ3) is 9.47. The Morgan fingerprint density at radius 1 is 1.03 bits per heavy atom. The Balaban J connectivity index is 0.000000234. The number of rotatable bonds is 6. The number of carbonyl (C=O) groups is 1. The first-order valence-corrected chi connectivity index (χ1v) is 11.4. The lowest BCUT2D eigenvalue weighted by Crippen LogP contribution is -2.23. The molecule has 0 unspecified atom stereocenters. The van der Waals surface area contributed by atoms with Crippen molar-refractivity contribution in [3.63, 3.8) is 0 Å². The van der Waals surface area contributed by atoms with Crippen molar-refractivity contribution < 1.29 is 19.0 Å². The van der Waals surface area contributed by atoms with Gasteiger partial charge in [0.05, 0.1) is 0 Å². The van der Waals surface area contributed by atoms with Crippen molar-refractivity contribution >= 4 is 6.16 Å². The Bertz CT molecular complexity index is 597. The quantitative estimate of drug-likeness (QED) is 0.226. The summed E-state index contributed by atoms with van der Waals surface area (Å²) in [6.45, 7) is 2.13. The van der Waals surface area contributed by atoms with Crippen LogP contribution in [-0.4, -0.2) is 11.3 Å². The van der Waals surface area contributed by atoms with Crippen molar-refractivity contribution in [1.82, 2.24) is 0 Å². The first kappa shape index (κ1) is 23.4. The molecule has 162 valence electrons.